The molecule has 4 rings (SSSR count). The fourth-order valence-electron chi connectivity index (χ4n) is 3.51. The Morgan fingerprint density at radius 3 is 2.66 bits per heavy atom. The molecule has 2 aliphatic rings. The first-order valence-electron chi connectivity index (χ1n) is 10.1. The third-order valence-corrected chi connectivity index (χ3v) is 8.11. The van der Waals surface area contributed by atoms with Gasteiger partial charge in [-0.1, -0.05) is 12.1 Å². The van der Waals surface area contributed by atoms with E-state index in [0.717, 1.165) is 0 Å². The van der Waals surface area contributed by atoms with E-state index in [4.69, 9.17) is 4.74 Å². The number of para-hydroxylation sites is 1. The van der Waals surface area contributed by atoms with Gasteiger partial charge in [-0.3, -0.25) is 9.59 Å². The molecule has 11 heteroatoms. The van der Waals surface area contributed by atoms with Crippen LogP contribution in [0.2, 0.25) is 0 Å². The number of halogens is 1. The lowest BCUT2D eigenvalue weighted by molar-refractivity contribution is -0.121. The van der Waals surface area contributed by atoms with Gasteiger partial charge in [0.15, 0.2) is 0 Å². The number of anilines is 2. The fourth-order valence-corrected chi connectivity index (χ4v) is 5.92. The van der Waals surface area contributed by atoms with Crippen LogP contribution in [0.1, 0.15) is 6.42 Å². The van der Waals surface area contributed by atoms with Crippen LogP contribution in [-0.2, 0) is 24.3 Å². The Balaban J connectivity index is 1.63. The molecule has 1 saturated heterocycles. The second kappa shape index (κ2) is 9.57. The summed E-state index contributed by atoms with van der Waals surface area (Å²) in [4.78, 5) is 27.4. The molecule has 0 bridgehead atoms. The number of hydrogen-bond donors (Lipinski definition) is 1. The zero-order valence-corrected chi connectivity index (χ0v) is 18.8. The molecule has 0 atom stereocenters. The molecule has 0 aliphatic carbocycles. The van der Waals surface area contributed by atoms with Crippen molar-refractivity contribution in [1.29, 1.82) is 0 Å². The van der Waals surface area contributed by atoms with Gasteiger partial charge in [-0.2, -0.15) is 4.31 Å². The number of hydrogen-bond acceptors (Lipinski definition) is 6. The summed E-state index contributed by atoms with van der Waals surface area (Å²) in [6, 6.07) is 10.4. The van der Waals surface area contributed by atoms with Crippen molar-refractivity contribution < 1.29 is 27.1 Å². The Kier molecular flexibility index (Phi) is 6.79. The van der Waals surface area contributed by atoms with Gasteiger partial charge in [0.2, 0.25) is 21.8 Å². The number of carbonyl (C=O) groups is 2. The summed E-state index contributed by atoms with van der Waals surface area (Å²) in [6.07, 6.45) is 0.192. The molecule has 0 aromatic heterocycles. The topological polar surface area (TPSA) is 96.0 Å². The lowest BCUT2D eigenvalue weighted by Crippen LogP contribution is -2.41. The Morgan fingerprint density at radius 1 is 1.16 bits per heavy atom. The van der Waals surface area contributed by atoms with Gasteiger partial charge in [0.25, 0.3) is 0 Å². The zero-order chi connectivity index (χ0) is 22.7. The maximum Gasteiger partial charge on any atom is 0.244 e. The van der Waals surface area contributed by atoms with Crippen LogP contribution in [0.3, 0.4) is 0 Å². The van der Waals surface area contributed by atoms with Crippen LogP contribution in [0.4, 0.5) is 15.8 Å². The van der Waals surface area contributed by atoms with Gasteiger partial charge in [-0.15, -0.1) is 11.8 Å². The van der Waals surface area contributed by atoms with Crippen molar-refractivity contribution in [2.75, 3.05) is 48.8 Å². The third-order valence-electron chi connectivity index (χ3n) is 5.15. The quantitative estimate of drug-likeness (QED) is 0.707. The summed E-state index contributed by atoms with van der Waals surface area (Å²) in [5, 5.41) is 2.47. The number of nitrogens with zero attached hydrogens (tertiary/aromatic N) is 2. The molecule has 2 amide bonds. The molecule has 2 aromatic carbocycles. The van der Waals surface area contributed by atoms with E-state index in [1.807, 2.05) is 0 Å². The molecular weight excluding hydrogens is 457 g/mol. The van der Waals surface area contributed by atoms with Gasteiger partial charge < -0.3 is 15.0 Å². The van der Waals surface area contributed by atoms with Gasteiger partial charge >= 0.3 is 0 Å². The maximum absolute atomic E-state index is 13.9. The molecule has 170 valence electrons. The van der Waals surface area contributed by atoms with Crippen molar-refractivity contribution in [1.82, 2.24) is 4.31 Å². The lowest BCUT2D eigenvalue weighted by Gasteiger charge is -2.27. The molecule has 2 aliphatic heterocycles. The number of benzene rings is 2. The normalized spacial score (nSPS) is 17.5. The summed E-state index contributed by atoms with van der Waals surface area (Å²) < 4.78 is 46.6. The van der Waals surface area contributed by atoms with Crippen LogP contribution < -0.4 is 10.2 Å². The van der Waals surface area contributed by atoms with Crippen LogP contribution in [-0.4, -0.2) is 63.1 Å². The lowest BCUT2D eigenvalue weighted by atomic mass is 10.2. The minimum absolute atomic E-state index is 0.0121. The van der Waals surface area contributed by atoms with E-state index in [2.05, 4.69) is 5.32 Å². The van der Waals surface area contributed by atoms with Gasteiger partial charge in [-0.25, -0.2) is 12.8 Å². The molecular formula is C21H22FN3O5S2. The summed E-state index contributed by atoms with van der Waals surface area (Å²) in [5.41, 5.74) is 0.369. The van der Waals surface area contributed by atoms with E-state index < -0.39 is 21.7 Å². The minimum atomic E-state index is -3.77. The van der Waals surface area contributed by atoms with E-state index in [-0.39, 0.29) is 42.5 Å². The summed E-state index contributed by atoms with van der Waals surface area (Å²) in [5.74, 6) is -0.964. The smallest absolute Gasteiger partial charge is 0.244 e. The van der Waals surface area contributed by atoms with Crippen molar-refractivity contribution in [3.63, 3.8) is 0 Å². The van der Waals surface area contributed by atoms with Crippen molar-refractivity contribution >= 4 is 45.0 Å². The number of carbonyl (C=O) groups excluding carboxylic acids is 2. The highest BCUT2D eigenvalue weighted by atomic mass is 32.2. The molecule has 1 fully saturated rings. The number of morpholine rings is 1. The summed E-state index contributed by atoms with van der Waals surface area (Å²) in [7, 11) is -3.77. The van der Waals surface area contributed by atoms with Gasteiger partial charge in [-0.05, 0) is 30.3 Å². The average Bonchev–Trinajstić information content (AvgIpc) is 2.94. The van der Waals surface area contributed by atoms with E-state index in [0.29, 0.717) is 29.5 Å². The Labute approximate surface area is 189 Å². The van der Waals surface area contributed by atoms with Gasteiger partial charge in [0.1, 0.15) is 12.4 Å². The number of rotatable bonds is 5. The highest BCUT2D eigenvalue weighted by Gasteiger charge is 2.30. The Morgan fingerprint density at radius 2 is 1.91 bits per heavy atom. The number of nitrogens with one attached hydrogen (secondary N) is 1. The van der Waals surface area contributed by atoms with E-state index >= 15 is 0 Å². The second-order valence-electron chi connectivity index (χ2n) is 7.25. The predicted molar refractivity (Wildman–Crippen MR) is 119 cm³/mol. The average molecular weight is 480 g/mol. The van der Waals surface area contributed by atoms with E-state index in [1.165, 1.54) is 51.3 Å². The first kappa shape index (κ1) is 22.7. The number of sulfonamides is 1. The van der Waals surface area contributed by atoms with Crippen LogP contribution in [0.15, 0.2) is 52.3 Å². The molecule has 0 radical (unpaired) electrons. The Hall–Kier alpha value is -2.47. The number of fused-ring (bicyclic) bond motifs is 1. The molecule has 0 unspecified atom stereocenters. The van der Waals surface area contributed by atoms with Crippen molar-refractivity contribution in [3.8, 4) is 0 Å². The predicted octanol–water partition coefficient (Wildman–Crippen LogP) is 2.31. The molecule has 0 spiro atoms. The first-order valence-corrected chi connectivity index (χ1v) is 12.5. The molecule has 2 heterocycles. The van der Waals surface area contributed by atoms with E-state index in [1.54, 1.807) is 12.1 Å². The van der Waals surface area contributed by atoms with Crippen molar-refractivity contribution in [3.05, 3.63) is 48.3 Å². The number of thioether (sulfide) groups is 1. The largest absolute Gasteiger partial charge is 0.379 e. The third kappa shape index (κ3) is 4.80. The molecule has 0 saturated carbocycles. The minimum Gasteiger partial charge on any atom is -0.379 e. The van der Waals surface area contributed by atoms with Gasteiger partial charge in [0.05, 0.1) is 29.5 Å². The standard InChI is InChI=1S/C21H22FN3O5S2/c22-16-3-1-2-4-17(16)23-20(26)14-25-18-13-15(5-6-19(18)31-12-7-21(25)27)32(28,29)24-8-10-30-11-9-24/h1-6,13H,7-12,14H2,(H,23,26). The number of amides is 2. The number of ether oxygens (including phenoxy) is 1. The highest BCUT2D eigenvalue weighted by Crippen LogP contribution is 2.36. The monoisotopic (exact) mass is 479 g/mol. The summed E-state index contributed by atoms with van der Waals surface area (Å²) >= 11 is 1.42. The molecule has 32 heavy (non-hydrogen) atoms. The second-order valence-corrected chi connectivity index (χ2v) is 10.3. The first-order chi connectivity index (χ1) is 15.4. The highest BCUT2D eigenvalue weighted by molar-refractivity contribution is 7.99. The Bertz CT molecular complexity index is 1140. The zero-order valence-electron chi connectivity index (χ0n) is 17.1. The van der Waals surface area contributed by atoms with Crippen molar-refractivity contribution in [2.45, 2.75) is 16.2 Å². The molecule has 1 N–H and O–H groups in total. The van der Waals surface area contributed by atoms with E-state index in [9.17, 15) is 22.4 Å². The van der Waals surface area contributed by atoms with Crippen LogP contribution in [0.5, 0.6) is 0 Å². The fraction of sp³-hybridized carbons (Fsp3) is 0.333. The van der Waals surface area contributed by atoms with Gasteiger partial charge in [0, 0.05) is 30.2 Å². The summed E-state index contributed by atoms with van der Waals surface area (Å²) in [6.45, 7) is 0.785. The van der Waals surface area contributed by atoms with Crippen LogP contribution in [0, 0.1) is 5.82 Å². The maximum atomic E-state index is 13.9. The van der Waals surface area contributed by atoms with Crippen molar-refractivity contribution in [2.24, 2.45) is 0 Å². The molecule has 8 nitrogen and oxygen atoms in total. The molecule has 2 aromatic rings. The van der Waals surface area contributed by atoms with Crippen LogP contribution >= 0.6 is 11.8 Å². The SMILES string of the molecule is O=C(CN1C(=O)CCSc2ccc(S(=O)(=O)N3CCOCC3)cc21)Nc1ccccc1F. The van der Waals surface area contributed by atoms with Crippen LogP contribution in [0.25, 0.3) is 0 Å².